The standard InChI is InChI=1S/C9H9BrFN3O2/c10-6-2-1-5(11)3-7(6)13-9(15)4-8(12)14-16/h1-3,16H,4H2,(H2,12,14)(H,13,15). The van der Waals surface area contributed by atoms with Gasteiger partial charge in [0.05, 0.1) is 12.1 Å². The molecule has 0 heterocycles. The predicted molar refractivity (Wildman–Crippen MR) is 60.8 cm³/mol. The maximum Gasteiger partial charge on any atom is 0.232 e. The number of nitrogens with zero attached hydrogens (tertiary/aromatic N) is 1. The molecule has 16 heavy (non-hydrogen) atoms. The van der Waals surface area contributed by atoms with Gasteiger partial charge < -0.3 is 16.3 Å². The topological polar surface area (TPSA) is 87.7 Å². The molecular formula is C9H9BrFN3O2. The Morgan fingerprint density at radius 2 is 2.31 bits per heavy atom. The number of anilines is 1. The van der Waals surface area contributed by atoms with Crippen molar-refractivity contribution in [3.05, 3.63) is 28.5 Å². The van der Waals surface area contributed by atoms with Gasteiger partial charge >= 0.3 is 0 Å². The van der Waals surface area contributed by atoms with Crippen molar-refractivity contribution in [1.82, 2.24) is 0 Å². The van der Waals surface area contributed by atoms with E-state index >= 15 is 0 Å². The van der Waals surface area contributed by atoms with Gasteiger partial charge in [-0.25, -0.2) is 4.39 Å². The highest BCUT2D eigenvalue weighted by molar-refractivity contribution is 9.10. The number of hydrogen-bond acceptors (Lipinski definition) is 3. The molecule has 0 spiro atoms. The van der Waals surface area contributed by atoms with Crippen LogP contribution in [0.15, 0.2) is 27.8 Å². The van der Waals surface area contributed by atoms with Crippen molar-refractivity contribution in [2.24, 2.45) is 10.9 Å². The van der Waals surface area contributed by atoms with Gasteiger partial charge in [0.2, 0.25) is 5.91 Å². The van der Waals surface area contributed by atoms with Crippen LogP contribution in [0.2, 0.25) is 0 Å². The highest BCUT2D eigenvalue weighted by Crippen LogP contribution is 2.22. The van der Waals surface area contributed by atoms with Crippen molar-refractivity contribution >= 4 is 33.4 Å². The van der Waals surface area contributed by atoms with E-state index in [-0.39, 0.29) is 17.9 Å². The van der Waals surface area contributed by atoms with Gasteiger partial charge in [-0.1, -0.05) is 5.16 Å². The third-order valence-corrected chi connectivity index (χ3v) is 2.36. The quantitative estimate of drug-likeness (QED) is 0.342. The third kappa shape index (κ3) is 3.50. The van der Waals surface area contributed by atoms with E-state index in [2.05, 4.69) is 26.4 Å². The fraction of sp³-hybridized carbons (Fsp3) is 0.111. The molecule has 7 heteroatoms. The maximum atomic E-state index is 12.9. The van der Waals surface area contributed by atoms with Crippen LogP contribution in [0.3, 0.4) is 0 Å². The summed E-state index contributed by atoms with van der Waals surface area (Å²) in [6, 6.07) is 3.88. The second-order valence-corrected chi connectivity index (χ2v) is 3.79. The van der Waals surface area contributed by atoms with Crippen molar-refractivity contribution in [3.8, 4) is 0 Å². The lowest BCUT2D eigenvalue weighted by Gasteiger charge is -2.06. The van der Waals surface area contributed by atoms with Gasteiger partial charge in [0.25, 0.3) is 0 Å². The summed E-state index contributed by atoms with van der Waals surface area (Å²) in [5.41, 5.74) is 5.44. The molecule has 1 aromatic rings. The summed E-state index contributed by atoms with van der Waals surface area (Å²) in [5.74, 6) is -1.19. The van der Waals surface area contributed by atoms with Gasteiger partial charge in [0, 0.05) is 4.47 Å². The Balaban J connectivity index is 2.73. The average Bonchev–Trinajstić information content (AvgIpc) is 2.23. The number of benzene rings is 1. The number of halogens is 2. The van der Waals surface area contributed by atoms with Crippen molar-refractivity contribution < 1.29 is 14.4 Å². The Morgan fingerprint density at radius 1 is 1.62 bits per heavy atom. The first kappa shape index (κ1) is 12.4. The van der Waals surface area contributed by atoms with E-state index in [1.807, 2.05) is 0 Å². The van der Waals surface area contributed by atoms with Gasteiger partial charge in [0.15, 0.2) is 0 Å². The molecule has 1 aromatic carbocycles. The molecule has 0 aromatic heterocycles. The molecule has 0 aliphatic rings. The Labute approximate surface area is 99.3 Å². The second-order valence-electron chi connectivity index (χ2n) is 2.94. The average molecular weight is 290 g/mol. The van der Waals surface area contributed by atoms with Gasteiger partial charge in [-0.2, -0.15) is 0 Å². The molecule has 0 fully saturated rings. The molecule has 86 valence electrons. The summed E-state index contributed by atoms with van der Waals surface area (Å²) in [6.07, 6.45) is -0.264. The zero-order chi connectivity index (χ0) is 12.1. The number of nitrogens with one attached hydrogen (secondary N) is 1. The summed E-state index contributed by atoms with van der Waals surface area (Å²) in [6.45, 7) is 0. The van der Waals surface area contributed by atoms with Gasteiger partial charge in [-0.15, -0.1) is 0 Å². The van der Waals surface area contributed by atoms with Gasteiger partial charge in [0.1, 0.15) is 11.7 Å². The first-order chi connectivity index (χ1) is 7.52. The van der Waals surface area contributed by atoms with E-state index < -0.39 is 11.7 Å². The molecule has 0 saturated carbocycles. The second kappa shape index (κ2) is 5.45. The number of rotatable bonds is 3. The number of amidine groups is 1. The van der Waals surface area contributed by atoms with Crippen LogP contribution >= 0.6 is 15.9 Å². The lowest BCUT2D eigenvalue weighted by Crippen LogP contribution is -2.22. The Morgan fingerprint density at radius 3 is 2.94 bits per heavy atom. The maximum absolute atomic E-state index is 12.9. The molecule has 0 radical (unpaired) electrons. The molecule has 0 aliphatic carbocycles. The Hall–Kier alpha value is -1.63. The van der Waals surface area contributed by atoms with Gasteiger partial charge in [-0.05, 0) is 34.1 Å². The fourth-order valence-electron chi connectivity index (χ4n) is 0.988. The summed E-state index contributed by atoms with van der Waals surface area (Å²) < 4.78 is 13.4. The van der Waals surface area contributed by atoms with E-state index in [0.29, 0.717) is 4.47 Å². The number of carbonyl (C=O) groups excluding carboxylic acids is 1. The van der Waals surface area contributed by atoms with Crippen molar-refractivity contribution in [2.45, 2.75) is 6.42 Å². The van der Waals surface area contributed by atoms with Crippen LogP contribution in [-0.4, -0.2) is 17.0 Å². The minimum absolute atomic E-state index is 0.218. The lowest BCUT2D eigenvalue weighted by atomic mass is 10.3. The fourth-order valence-corrected chi connectivity index (χ4v) is 1.33. The highest BCUT2D eigenvalue weighted by atomic mass is 79.9. The molecule has 4 N–H and O–H groups in total. The van der Waals surface area contributed by atoms with Crippen LogP contribution < -0.4 is 11.1 Å². The molecule has 0 unspecified atom stereocenters. The number of carbonyl (C=O) groups is 1. The molecule has 1 rings (SSSR count). The normalized spacial score (nSPS) is 11.2. The number of nitrogens with two attached hydrogens (primary N) is 1. The molecule has 1 amide bonds. The summed E-state index contributed by atoms with van der Waals surface area (Å²) in [7, 11) is 0. The van der Waals surface area contributed by atoms with Crippen molar-refractivity contribution in [1.29, 1.82) is 0 Å². The molecule has 0 saturated heterocycles. The first-order valence-corrected chi connectivity index (χ1v) is 5.03. The van der Waals surface area contributed by atoms with E-state index in [0.717, 1.165) is 6.07 Å². The smallest absolute Gasteiger partial charge is 0.232 e. The van der Waals surface area contributed by atoms with Crippen LogP contribution in [0.1, 0.15) is 6.42 Å². The predicted octanol–water partition coefficient (Wildman–Crippen LogP) is 1.66. The van der Waals surface area contributed by atoms with E-state index in [1.54, 1.807) is 0 Å². The lowest BCUT2D eigenvalue weighted by molar-refractivity contribution is -0.115. The minimum Gasteiger partial charge on any atom is -0.409 e. The van der Waals surface area contributed by atoms with E-state index in [9.17, 15) is 9.18 Å². The van der Waals surface area contributed by atoms with Crippen LogP contribution in [0, 0.1) is 5.82 Å². The van der Waals surface area contributed by atoms with Crippen LogP contribution in [0.25, 0.3) is 0 Å². The van der Waals surface area contributed by atoms with Crippen LogP contribution in [0.4, 0.5) is 10.1 Å². The van der Waals surface area contributed by atoms with Crippen molar-refractivity contribution in [2.75, 3.05) is 5.32 Å². The number of oxime groups is 1. The summed E-state index contributed by atoms with van der Waals surface area (Å²) in [5, 5.41) is 13.3. The number of amides is 1. The van der Waals surface area contributed by atoms with E-state index in [4.69, 9.17) is 10.9 Å². The van der Waals surface area contributed by atoms with Crippen LogP contribution in [0.5, 0.6) is 0 Å². The zero-order valence-corrected chi connectivity index (χ0v) is 9.66. The van der Waals surface area contributed by atoms with E-state index in [1.165, 1.54) is 12.1 Å². The summed E-state index contributed by atoms with van der Waals surface area (Å²) in [4.78, 5) is 11.3. The molecule has 0 atom stereocenters. The number of hydrogen-bond donors (Lipinski definition) is 3. The highest BCUT2D eigenvalue weighted by Gasteiger charge is 2.08. The first-order valence-electron chi connectivity index (χ1n) is 4.24. The SMILES string of the molecule is N/C(CC(=O)Nc1cc(F)ccc1Br)=N/O. The molecule has 5 nitrogen and oxygen atoms in total. The van der Waals surface area contributed by atoms with Gasteiger partial charge in [-0.3, -0.25) is 4.79 Å². The Kier molecular flexibility index (Phi) is 4.24. The minimum atomic E-state index is -0.499. The molecular weight excluding hydrogens is 281 g/mol. The third-order valence-electron chi connectivity index (χ3n) is 1.67. The Bertz CT molecular complexity index is 437. The van der Waals surface area contributed by atoms with Crippen LogP contribution in [-0.2, 0) is 4.79 Å². The van der Waals surface area contributed by atoms with Crippen molar-refractivity contribution in [3.63, 3.8) is 0 Å². The monoisotopic (exact) mass is 289 g/mol. The zero-order valence-electron chi connectivity index (χ0n) is 8.08. The summed E-state index contributed by atoms with van der Waals surface area (Å²) >= 11 is 3.15. The molecule has 0 bridgehead atoms. The largest absolute Gasteiger partial charge is 0.409 e. The molecule has 0 aliphatic heterocycles.